The van der Waals surface area contributed by atoms with Crippen LogP contribution >= 0.6 is 0 Å². The molecule has 0 saturated carbocycles. The second kappa shape index (κ2) is 6.99. The molecule has 0 saturated heterocycles. The molecule has 138 valence electrons. The second-order valence-electron chi connectivity index (χ2n) is 6.89. The van der Waals surface area contributed by atoms with Crippen molar-refractivity contribution >= 4 is 5.97 Å². The number of carboxylic acid groups (broad SMARTS) is 1. The summed E-state index contributed by atoms with van der Waals surface area (Å²) >= 11 is 0. The van der Waals surface area contributed by atoms with Gasteiger partial charge in [-0.15, -0.1) is 0 Å². The average molecular weight is 357 g/mol. The molecule has 1 aromatic carbocycles. The Kier molecular flexibility index (Phi) is 4.55. The van der Waals surface area contributed by atoms with Crippen LogP contribution in [0.15, 0.2) is 18.2 Å². The minimum absolute atomic E-state index is 0.476. The van der Waals surface area contributed by atoms with Gasteiger partial charge in [0.05, 0.1) is 5.69 Å². The lowest BCUT2D eigenvalue weighted by Crippen LogP contribution is -2.31. The standard InChI is InChI=1S/C19H23N3O4/c1-22(11-15-13-4-2-3-5-14(13)20-21-15)18(19(23)24)12-6-7-16-17(10-12)26-9-8-25-16/h6-7,10,18H,2-5,8-9,11H2,1H3,(H,20,21)(H,23,24). The molecule has 1 aromatic heterocycles. The van der Waals surface area contributed by atoms with Crippen molar-refractivity contribution in [1.82, 2.24) is 15.1 Å². The molecule has 2 aliphatic rings. The summed E-state index contributed by atoms with van der Waals surface area (Å²) in [7, 11) is 1.82. The van der Waals surface area contributed by atoms with Crippen LogP contribution in [0.1, 0.15) is 41.4 Å². The van der Waals surface area contributed by atoms with Gasteiger partial charge in [0.2, 0.25) is 0 Å². The monoisotopic (exact) mass is 357 g/mol. The number of hydrogen-bond donors (Lipinski definition) is 2. The van der Waals surface area contributed by atoms with Crippen LogP contribution in [0.5, 0.6) is 11.5 Å². The number of aromatic nitrogens is 2. The SMILES string of the molecule is CN(Cc1n[nH]c2c1CCCC2)C(C(=O)O)c1ccc2c(c1)OCCO2. The molecule has 1 aliphatic carbocycles. The Morgan fingerprint density at radius 2 is 2.04 bits per heavy atom. The first-order chi connectivity index (χ1) is 12.6. The number of fused-ring (bicyclic) bond motifs is 2. The molecule has 0 radical (unpaired) electrons. The van der Waals surface area contributed by atoms with E-state index >= 15 is 0 Å². The summed E-state index contributed by atoms with van der Waals surface area (Å²) in [6.45, 7) is 1.47. The summed E-state index contributed by atoms with van der Waals surface area (Å²) < 4.78 is 11.1. The van der Waals surface area contributed by atoms with Crippen LogP contribution in [0, 0.1) is 0 Å². The Labute approximate surface area is 151 Å². The Morgan fingerprint density at radius 1 is 1.27 bits per heavy atom. The summed E-state index contributed by atoms with van der Waals surface area (Å²) in [5.41, 5.74) is 4.08. The maximum absolute atomic E-state index is 12.0. The van der Waals surface area contributed by atoms with Crippen molar-refractivity contribution in [2.45, 2.75) is 38.3 Å². The van der Waals surface area contributed by atoms with Gasteiger partial charge in [-0.3, -0.25) is 14.8 Å². The van der Waals surface area contributed by atoms with E-state index in [0.29, 0.717) is 36.8 Å². The molecule has 0 spiro atoms. The first-order valence-corrected chi connectivity index (χ1v) is 9.01. The minimum atomic E-state index is -0.895. The predicted molar refractivity (Wildman–Crippen MR) is 94.5 cm³/mol. The topological polar surface area (TPSA) is 87.7 Å². The van der Waals surface area contributed by atoms with Crippen LogP contribution in [0.2, 0.25) is 0 Å². The lowest BCUT2D eigenvalue weighted by Gasteiger charge is -2.26. The highest BCUT2D eigenvalue weighted by atomic mass is 16.6. The minimum Gasteiger partial charge on any atom is -0.486 e. The Bertz CT molecular complexity index is 817. The fourth-order valence-corrected chi connectivity index (χ4v) is 3.82. The third kappa shape index (κ3) is 3.14. The number of aliphatic carboxylic acids is 1. The number of likely N-dealkylation sites (N-methyl/N-ethyl adjacent to an activating group) is 1. The van der Waals surface area contributed by atoms with Crippen molar-refractivity contribution in [2.24, 2.45) is 0 Å². The lowest BCUT2D eigenvalue weighted by atomic mass is 9.95. The molecule has 0 fully saturated rings. The second-order valence-corrected chi connectivity index (χ2v) is 6.89. The highest BCUT2D eigenvalue weighted by molar-refractivity contribution is 5.76. The van der Waals surface area contributed by atoms with Crippen molar-refractivity contribution in [3.63, 3.8) is 0 Å². The van der Waals surface area contributed by atoms with Crippen LogP contribution in [-0.4, -0.2) is 46.4 Å². The fraction of sp³-hybridized carbons (Fsp3) is 0.474. The molecule has 1 aliphatic heterocycles. The van der Waals surface area contributed by atoms with Gasteiger partial charge in [0.15, 0.2) is 11.5 Å². The molecule has 2 N–H and O–H groups in total. The quantitative estimate of drug-likeness (QED) is 0.854. The first-order valence-electron chi connectivity index (χ1n) is 9.01. The summed E-state index contributed by atoms with van der Waals surface area (Å²) in [5.74, 6) is 0.368. The smallest absolute Gasteiger partial charge is 0.325 e. The van der Waals surface area contributed by atoms with Gasteiger partial charge in [-0.1, -0.05) is 6.07 Å². The van der Waals surface area contributed by atoms with Gasteiger partial charge in [-0.25, -0.2) is 0 Å². The number of H-pyrrole nitrogens is 1. The van der Waals surface area contributed by atoms with Gasteiger partial charge in [-0.05, 0) is 56.0 Å². The molecule has 2 heterocycles. The Hall–Kier alpha value is -2.54. The summed E-state index contributed by atoms with van der Waals surface area (Å²) in [6, 6.07) is 4.57. The van der Waals surface area contributed by atoms with Crippen molar-refractivity contribution in [2.75, 3.05) is 20.3 Å². The normalized spacial score (nSPS) is 17.0. The number of nitrogens with one attached hydrogen (secondary N) is 1. The van der Waals surface area contributed by atoms with Gasteiger partial charge < -0.3 is 14.6 Å². The maximum Gasteiger partial charge on any atom is 0.325 e. The highest BCUT2D eigenvalue weighted by Gasteiger charge is 2.28. The van der Waals surface area contributed by atoms with E-state index in [2.05, 4.69) is 10.2 Å². The van der Waals surface area contributed by atoms with Gasteiger partial charge in [0.1, 0.15) is 19.3 Å². The molecular weight excluding hydrogens is 334 g/mol. The van der Waals surface area contributed by atoms with Crippen molar-refractivity contribution < 1.29 is 19.4 Å². The van der Waals surface area contributed by atoms with Crippen LogP contribution in [0.25, 0.3) is 0 Å². The van der Waals surface area contributed by atoms with E-state index in [0.717, 1.165) is 25.0 Å². The van der Waals surface area contributed by atoms with E-state index in [1.165, 1.54) is 17.7 Å². The number of aromatic amines is 1. The predicted octanol–water partition coefficient (Wildman–Crippen LogP) is 2.32. The molecule has 1 atom stereocenters. The number of aryl methyl sites for hydroxylation is 1. The van der Waals surface area contributed by atoms with Crippen LogP contribution in [0.3, 0.4) is 0 Å². The molecular formula is C19H23N3O4. The molecule has 0 amide bonds. The Balaban J connectivity index is 1.58. The average Bonchev–Trinajstić information content (AvgIpc) is 3.04. The van der Waals surface area contributed by atoms with Crippen LogP contribution in [-0.2, 0) is 24.2 Å². The number of rotatable bonds is 5. The van der Waals surface area contributed by atoms with E-state index in [1.54, 1.807) is 18.2 Å². The zero-order valence-electron chi connectivity index (χ0n) is 14.8. The van der Waals surface area contributed by atoms with Gasteiger partial charge in [-0.2, -0.15) is 5.10 Å². The maximum atomic E-state index is 12.0. The molecule has 7 nitrogen and oxygen atoms in total. The first kappa shape index (κ1) is 16.9. The number of nitrogens with zero attached hydrogens (tertiary/aromatic N) is 2. The van der Waals surface area contributed by atoms with Crippen molar-refractivity contribution in [3.05, 3.63) is 40.7 Å². The lowest BCUT2D eigenvalue weighted by molar-refractivity contribution is -0.143. The number of carboxylic acids is 1. The Morgan fingerprint density at radius 3 is 2.85 bits per heavy atom. The van der Waals surface area contributed by atoms with Gasteiger partial charge >= 0.3 is 5.97 Å². The zero-order valence-corrected chi connectivity index (χ0v) is 14.8. The third-order valence-corrected chi connectivity index (χ3v) is 5.10. The van der Waals surface area contributed by atoms with E-state index in [-0.39, 0.29) is 0 Å². The molecule has 0 bridgehead atoms. The van der Waals surface area contributed by atoms with E-state index in [1.807, 2.05) is 11.9 Å². The van der Waals surface area contributed by atoms with Crippen LogP contribution in [0.4, 0.5) is 0 Å². The molecule has 2 aromatic rings. The number of hydrogen-bond acceptors (Lipinski definition) is 5. The van der Waals surface area contributed by atoms with Crippen LogP contribution < -0.4 is 9.47 Å². The highest BCUT2D eigenvalue weighted by Crippen LogP contribution is 2.34. The largest absolute Gasteiger partial charge is 0.486 e. The van der Waals surface area contributed by atoms with Crippen molar-refractivity contribution in [1.29, 1.82) is 0 Å². The summed E-state index contributed by atoms with van der Waals surface area (Å²) in [4.78, 5) is 13.8. The van der Waals surface area contributed by atoms with Crippen molar-refractivity contribution in [3.8, 4) is 11.5 Å². The zero-order chi connectivity index (χ0) is 18.1. The summed E-state index contributed by atoms with van der Waals surface area (Å²) in [6.07, 6.45) is 4.38. The molecule has 1 unspecified atom stereocenters. The van der Waals surface area contributed by atoms with E-state index < -0.39 is 12.0 Å². The van der Waals surface area contributed by atoms with Gasteiger partial charge in [0.25, 0.3) is 0 Å². The number of ether oxygens (including phenoxy) is 2. The third-order valence-electron chi connectivity index (χ3n) is 5.10. The molecule has 7 heteroatoms. The summed E-state index contributed by atoms with van der Waals surface area (Å²) in [5, 5.41) is 17.4. The van der Waals surface area contributed by atoms with E-state index in [4.69, 9.17) is 9.47 Å². The van der Waals surface area contributed by atoms with E-state index in [9.17, 15) is 9.90 Å². The number of benzene rings is 1. The van der Waals surface area contributed by atoms with Gasteiger partial charge in [0, 0.05) is 12.2 Å². The molecule has 4 rings (SSSR count). The fourth-order valence-electron chi connectivity index (χ4n) is 3.82. The molecule has 26 heavy (non-hydrogen) atoms. The number of carbonyl (C=O) groups is 1.